The van der Waals surface area contributed by atoms with Crippen molar-refractivity contribution in [2.75, 3.05) is 12.8 Å². The first-order valence-electron chi connectivity index (χ1n) is 6.19. The van der Waals surface area contributed by atoms with Crippen molar-refractivity contribution in [1.29, 1.82) is 0 Å². The first kappa shape index (κ1) is 14.6. The van der Waals surface area contributed by atoms with Crippen LogP contribution in [-0.2, 0) is 13.6 Å². The highest BCUT2D eigenvalue weighted by atomic mass is 79.9. The van der Waals surface area contributed by atoms with Crippen molar-refractivity contribution in [2.24, 2.45) is 7.05 Å². The highest BCUT2D eigenvalue weighted by molar-refractivity contribution is 9.10. The fourth-order valence-electron chi connectivity index (χ4n) is 2.09. The van der Waals surface area contributed by atoms with Crippen molar-refractivity contribution in [1.82, 2.24) is 14.7 Å². The van der Waals surface area contributed by atoms with E-state index in [9.17, 15) is 4.79 Å². The van der Waals surface area contributed by atoms with Crippen LogP contribution in [-0.4, -0.2) is 27.6 Å². The van der Waals surface area contributed by atoms with Crippen LogP contribution in [0.3, 0.4) is 0 Å². The molecule has 20 heavy (non-hydrogen) atoms. The smallest absolute Gasteiger partial charge is 0.274 e. The summed E-state index contributed by atoms with van der Waals surface area (Å²) in [6.45, 7) is 2.31. The first-order chi connectivity index (χ1) is 9.40. The average molecular weight is 337 g/mol. The Bertz CT molecular complexity index is 651. The monoisotopic (exact) mass is 336 g/mol. The van der Waals surface area contributed by atoms with E-state index in [4.69, 9.17) is 5.73 Å². The van der Waals surface area contributed by atoms with Crippen LogP contribution in [0.25, 0.3) is 0 Å². The van der Waals surface area contributed by atoms with Gasteiger partial charge in [-0.25, -0.2) is 0 Å². The minimum atomic E-state index is -0.134. The van der Waals surface area contributed by atoms with Crippen LogP contribution in [0, 0.1) is 6.92 Å². The molecule has 1 aromatic heterocycles. The van der Waals surface area contributed by atoms with Gasteiger partial charge in [0, 0.05) is 25.1 Å². The first-order valence-corrected chi connectivity index (χ1v) is 6.98. The highest BCUT2D eigenvalue weighted by Gasteiger charge is 2.21. The Balaban J connectivity index is 2.21. The molecule has 2 rings (SSSR count). The van der Waals surface area contributed by atoms with Crippen LogP contribution in [0.15, 0.2) is 28.7 Å². The summed E-state index contributed by atoms with van der Waals surface area (Å²) in [5, 5.41) is 4.17. The molecule has 0 radical (unpaired) electrons. The molecular weight excluding hydrogens is 320 g/mol. The molecule has 0 aliphatic heterocycles. The molecule has 106 valence electrons. The third-order valence-electron chi connectivity index (χ3n) is 3.13. The maximum Gasteiger partial charge on any atom is 0.274 e. The molecule has 1 aromatic carbocycles. The highest BCUT2D eigenvalue weighted by Crippen LogP contribution is 2.19. The van der Waals surface area contributed by atoms with Crippen molar-refractivity contribution in [3.63, 3.8) is 0 Å². The molecule has 0 atom stereocenters. The number of anilines is 1. The Labute approximate surface area is 126 Å². The number of hydrogen-bond donors (Lipinski definition) is 1. The molecule has 0 fully saturated rings. The molecule has 1 amide bonds. The SMILES string of the molecule is Cc1nn(C)c(C(=O)N(C)Cc2cccc(Br)c2)c1N. The van der Waals surface area contributed by atoms with Gasteiger partial charge in [0.25, 0.3) is 5.91 Å². The number of aryl methyl sites for hydroxylation is 2. The van der Waals surface area contributed by atoms with E-state index < -0.39 is 0 Å². The largest absolute Gasteiger partial charge is 0.395 e. The van der Waals surface area contributed by atoms with Gasteiger partial charge in [-0.3, -0.25) is 9.48 Å². The summed E-state index contributed by atoms with van der Waals surface area (Å²) >= 11 is 3.42. The normalized spacial score (nSPS) is 10.6. The lowest BCUT2D eigenvalue weighted by atomic mass is 10.2. The minimum absolute atomic E-state index is 0.134. The van der Waals surface area contributed by atoms with Gasteiger partial charge in [0.2, 0.25) is 0 Å². The molecule has 1 heterocycles. The number of benzene rings is 1. The molecule has 2 N–H and O–H groups in total. The van der Waals surface area contributed by atoms with Crippen molar-refractivity contribution < 1.29 is 4.79 Å². The van der Waals surface area contributed by atoms with Crippen molar-refractivity contribution in [3.05, 3.63) is 45.7 Å². The maximum atomic E-state index is 12.5. The van der Waals surface area contributed by atoms with Crippen molar-refractivity contribution in [3.8, 4) is 0 Å². The lowest BCUT2D eigenvalue weighted by Crippen LogP contribution is -2.28. The Morgan fingerprint density at radius 2 is 2.20 bits per heavy atom. The van der Waals surface area contributed by atoms with E-state index in [0.717, 1.165) is 10.0 Å². The van der Waals surface area contributed by atoms with Gasteiger partial charge in [-0.2, -0.15) is 5.10 Å². The zero-order valence-electron chi connectivity index (χ0n) is 11.7. The summed E-state index contributed by atoms with van der Waals surface area (Å²) in [4.78, 5) is 14.1. The van der Waals surface area contributed by atoms with Crippen LogP contribution in [0.1, 0.15) is 21.7 Å². The van der Waals surface area contributed by atoms with Gasteiger partial charge in [-0.05, 0) is 24.6 Å². The summed E-state index contributed by atoms with van der Waals surface area (Å²) in [6.07, 6.45) is 0. The predicted molar refractivity (Wildman–Crippen MR) is 82.3 cm³/mol. The molecule has 0 aliphatic rings. The fourth-order valence-corrected chi connectivity index (χ4v) is 2.54. The Morgan fingerprint density at radius 3 is 2.75 bits per heavy atom. The quantitative estimate of drug-likeness (QED) is 0.935. The second-order valence-corrected chi connectivity index (χ2v) is 5.68. The van der Waals surface area contributed by atoms with Gasteiger partial charge in [0.1, 0.15) is 5.69 Å². The van der Waals surface area contributed by atoms with Gasteiger partial charge in [0.05, 0.1) is 11.4 Å². The van der Waals surface area contributed by atoms with E-state index in [0.29, 0.717) is 23.6 Å². The molecule has 0 aliphatic carbocycles. The van der Waals surface area contributed by atoms with Crippen LogP contribution >= 0.6 is 15.9 Å². The number of aromatic nitrogens is 2. The van der Waals surface area contributed by atoms with Crippen LogP contribution in [0.5, 0.6) is 0 Å². The molecule has 0 unspecified atom stereocenters. The summed E-state index contributed by atoms with van der Waals surface area (Å²) in [5.74, 6) is -0.134. The van der Waals surface area contributed by atoms with Gasteiger partial charge in [0.15, 0.2) is 0 Å². The van der Waals surface area contributed by atoms with Crippen LogP contribution in [0.2, 0.25) is 0 Å². The van der Waals surface area contributed by atoms with Gasteiger partial charge < -0.3 is 10.6 Å². The van der Waals surface area contributed by atoms with E-state index in [1.165, 1.54) is 4.68 Å². The van der Waals surface area contributed by atoms with E-state index >= 15 is 0 Å². The number of nitrogen functional groups attached to an aromatic ring is 1. The third-order valence-corrected chi connectivity index (χ3v) is 3.62. The number of rotatable bonds is 3. The topological polar surface area (TPSA) is 64.2 Å². The van der Waals surface area contributed by atoms with Gasteiger partial charge >= 0.3 is 0 Å². The third kappa shape index (κ3) is 2.85. The molecular formula is C14H17BrN4O. The number of halogens is 1. The summed E-state index contributed by atoms with van der Waals surface area (Å²) in [7, 11) is 3.48. The number of nitrogens with zero attached hydrogens (tertiary/aromatic N) is 3. The van der Waals surface area contributed by atoms with E-state index in [1.54, 1.807) is 25.9 Å². The summed E-state index contributed by atoms with van der Waals surface area (Å²) < 4.78 is 2.52. The summed E-state index contributed by atoms with van der Waals surface area (Å²) in [6, 6.07) is 7.86. The molecule has 0 bridgehead atoms. The Kier molecular flexibility index (Phi) is 4.13. The number of hydrogen-bond acceptors (Lipinski definition) is 3. The molecule has 0 saturated carbocycles. The zero-order chi connectivity index (χ0) is 14.9. The fraction of sp³-hybridized carbons (Fsp3) is 0.286. The zero-order valence-corrected chi connectivity index (χ0v) is 13.3. The van der Waals surface area contributed by atoms with Crippen molar-refractivity contribution >= 4 is 27.5 Å². The second kappa shape index (κ2) is 5.66. The maximum absolute atomic E-state index is 12.5. The molecule has 5 nitrogen and oxygen atoms in total. The standard InChI is InChI=1S/C14H17BrN4O/c1-9-12(16)13(19(3)17-9)14(20)18(2)8-10-5-4-6-11(15)7-10/h4-7H,8,16H2,1-3H3. The average Bonchev–Trinajstić information content (AvgIpc) is 2.62. The summed E-state index contributed by atoms with van der Waals surface area (Å²) in [5.41, 5.74) is 8.52. The number of amides is 1. The number of carbonyl (C=O) groups excluding carboxylic acids is 1. The molecule has 0 spiro atoms. The van der Waals surface area contributed by atoms with Gasteiger partial charge in [-0.1, -0.05) is 28.1 Å². The van der Waals surface area contributed by atoms with E-state index in [-0.39, 0.29) is 5.91 Å². The molecule has 0 saturated heterocycles. The minimum Gasteiger partial charge on any atom is -0.395 e. The second-order valence-electron chi connectivity index (χ2n) is 4.76. The molecule has 6 heteroatoms. The van der Waals surface area contributed by atoms with Crippen LogP contribution < -0.4 is 5.73 Å². The van der Waals surface area contributed by atoms with Crippen LogP contribution in [0.4, 0.5) is 5.69 Å². The lowest BCUT2D eigenvalue weighted by Gasteiger charge is -2.18. The molecule has 2 aromatic rings. The number of nitrogens with two attached hydrogens (primary N) is 1. The van der Waals surface area contributed by atoms with E-state index in [1.807, 2.05) is 24.3 Å². The predicted octanol–water partition coefficient (Wildman–Crippen LogP) is 2.35. The van der Waals surface area contributed by atoms with Crippen molar-refractivity contribution in [2.45, 2.75) is 13.5 Å². The Hall–Kier alpha value is -1.82. The van der Waals surface area contributed by atoms with Gasteiger partial charge in [-0.15, -0.1) is 0 Å². The van der Waals surface area contributed by atoms with E-state index in [2.05, 4.69) is 21.0 Å². The Morgan fingerprint density at radius 1 is 1.50 bits per heavy atom. The number of carbonyl (C=O) groups is 1. The lowest BCUT2D eigenvalue weighted by molar-refractivity contribution is 0.0775.